The van der Waals surface area contributed by atoms with E-state index in [-0.39, 0.29) is 28.8 Å². The van der Waals surface area contributed by atoms with E-state index in [1.54, 1.807) is 23.9 Å². The number of β-lactam (4-membered cyclic amide) rings is 1. The molecule has 1 fully saturated rings. The number of fused-ring (bicyclic) bond motifs is 1. The number of carbonyl (C=O) groups excluding carboxylic acids is 2. The van der Waals surface area contributed by atoms with Crippen molar-refractivity contribution >= 4 is 69.6 Å². The Balaban J connectivity index is 1.48. The third-order valence-electron chi connectivity index (χ3n) is 5.09. The van der Waals surface area contributed by atoms with Crippen molar-refractivity contribution in [2.75, 3.05) is 18.1 Å². The van der Waals surface area contributed by atoms with Crippen LogP contribution in [0.4, 0.5) is 5.13 Å². The van der Waals surface area contributed by atoms with Gasteiger partial charge in [0, 0.05) is 27.9 Å². The molecule has 1 unspecified atom stereocenters. The zero-order chi connectivity index (χ0) is 25.8. The van der Waals surface area contributed by atoms with Crippen LogP contribution in [0.1, 0.15) is 23.9 Å². The molecule has 2 aromatic heterocycles. The molecule has 0 spiro atoms. The van der Waals surface area contributed by atoms with Gasteiger partial charge in [-0.05, 0) is 37.0 Å². The number of oxime groups is 1. The normalized spacial score (nSPS) is 19.8. The second-order valence-electron chi connectivity index (χ2n) is 7.52. The Labute approximate surface area is 218 Å². The topological polar surface area (TPSA) is 160 Å². The summed E-state index contributed by atoms with van der Waals surface area (Å²) in [6.07, 6.45) is 3.55. The van der Waals surface area contributed by atoms with Crippen LogP contribution >= 0.6 is 34.9 Å². The largest absolute Gasteiger partial charge is 0.477 e. The molecule has 4 rings (SSSR count). The zero-order valence-electron chi connectivity index (χ0n) is 19.2. The predicted molar refractivity (Wildman–Crippen MR) is 140 cm³/mol. The van der Waals surface area contributed by atoms with Crippen molar-refractivity contribution in [2.45, 2.75) is 25.3 Å². The molecule has 0 aromatic carbocycles. The van der Waals surface area contributed by atoms with Gasteiger partial charge in [0.2, 0.25) is 0 Å². The average Bonchev–Trinajstić information content (AvgIpc) is 3.29. The molecule has 4 N–H and O–H groups in total. The Hall–Kier alpha value is -3.36. The van der Waals surface area contributed by atoms with Crippen LogP contribution in [0.3, 0.4) is 0 Å². The number of thioether (sulfide) groups is 2. The highest BCUT2D eigenvalue weighted by Gasteiger charge is 2.54. The highest BCUT2D eigenvalue weighted by molar-refractivity contribution is 8.08. The fraction of sp³-hybridized carbons (Fsp3) is 0.273. The molecule has 188 valence electrons. The number of amides is 2. The lowest BCUT2D eigenvalue weighted by Crippen LogP contribution is -2.71. The molecule has 2 aliphatic rings. The minimum atomic E-state index is -1.21. The molecular weight excluding hydrogens is 524 g/mol. The molecule has 2 aliphatic heterocycles. The average molecular weight is 547 g/mol. The Morgan fingerprint density at radius 1 is 1.44 bits per heavy atom. The number of aromatic nitrogens is 2. The summed E-state index contributed by atoms with van der Waals surface area (Å²) in [4.78, 5) is 53.0. The van der Waals surface area contributed by atoms with Crippen LogP contribution in [-0.4, -0.2) is 67.2 Å². The van der Waals surface area contributed by atoms with E-state index in [0.717, 1.165) is 22.6 Å². The van der Waals surface area contributed by atoms with E-state index in [9.17, 15) is 19.5 Å². The number of carboxylic acids is 1. The van der Waals surface area contributed by atoms with Gasteiger partial charge in [0.15, 0.2) is 10.8 Å². The first-order chi connectivity index (χ1) is 17.3. The number of pyridine rings is 1. The van der Waals surface area contributed by atoms with Crippen LogP contribution in [0.5, 0.6) is 0 Å². The summed E-state index contributed by atoms with van der Waals surface area (Å²) in [6.45, 7) is 3.83. The van der Waals surface area contributed by atoms with Gasteiger partial charge >= 0.3 is 5.97 Å². The summed E-state index contributed by atoms with van der Waals surface area (Å²) in [5, 5.41) is 19.3. The van der Waals surface area contributed by atoms with Gasteiger partial charge in [-0.15, -0.1) is 23.1 Å². The maximum Gasteiger partial charge on any atom is 0.353 e. The van der Waals surface area contributed by atoms with Gasteiger partial charge in [0.1, 0.15) is 29.4 Å². The van der Waals surface area contributed by atoms with E-state index >= 15 is 0 Å². The maximum absolute atomic E-state index is 13.0. The molecule has 1 saturated heterocycles. The molecule has 2 atom stereocenters. The molecular formula is C22H22N6O5S3. The van der Waals surface area contributed by atoms with Crippen molar-refractivity contribution in [3.05, 3.63) is 56.7 Å². The van der Waals surface area contributed by atoms with Gasteiger partial charge in [-0.25, -0.2) is 9.78 Å². The molecule has 4 heterocycles. The number of nitrogen functional groups attached to an aromatic ring is 1. The quantitative estimate of drug-likeness (QED) is 0.242. The predicted octanol–water partition coefficient (Wildman–Crippen LogP) is 2.27. The van der Waals surface area contributed by atoms with Gasteiger partial charge in [0.05, 0.1) is 0 Å². The van der Waals surface area contributed by atoms with Crippen molar-refractivity contribution in [1.29, 1.82) is 0 Å². The summed E-state index contributed by atoms with van der Waals surface area (Å²) in [5.41, 5.74) is 7.47. The number of rotatable bonds is 9. The van der Waals surface area contributed by atoms with Gasteiger partial charge in [0.25, 0.3) is 11.8 Å². The summed E-state index contributed by atoms with van der Waals surface area (Å²) in [6, 6.07) is 2.88. The second-order valence-corrected chi connectivity index (χ2v) is 10.5. The van der Waals surface area contributed by atoms with E-state index in [1.165, 1.54) is 28.4 Å². The lowest BCUT2D eigenvalue weighted by Gasteiger charge is -2.49. The molecule has 2 amide bonds. The number of aliphatic carboxylic acids is 1. The van der Waals surface area contributed by atoms with E-state index in [0.29, 0.717) is 10.7 Å². The summed E-state index contributed by atoms with van der Waals surface area (Å²) in [5.74, 6) is -2.02. The van der Waals surface area contributed by atoms with E-state index in [1.807, 2.05) is 25.1 Å². The minimum Gasteiger partial charge on any atom is -0.477 e. The fourth-order valence-corrected chi connectivity index (χ4v) is 6.30. The van der Waals surface area contributed by atoms with Gasteiger partial charge in [-0.3, -0.25) is 19.5 Å². The highest BCUT2D eigenvalue weighted by Crippen LogP contribution is 2.43. The molecule has 36 heavy (non-hydrogen) atoms. The van der Waals surface area contributed by atoms with Crippen LogP contribution in [0.2, 0.25) is 0 Å². The minimum absolute atomic E-state index is 0.0820. The SMILES string of the molecule is CCON=C(C(=O)NC1C(=O)N2C(C(=O)O)=C(S/C=C\c3ccc(C)nc3)CS[C@H]12)c1csc(N)n1. The Kier molecular flexibility index (Phi) is 7.96. The first-order valence-corrected chi connectivity index (χ1v) is 13.5. The molecule has 0 saturated carbocycles. The monoisotopic (exact) mass is 546 g/mol. The van der Waals surface area contributed by atoms with Crippen LogP contribution in [0, 0.1) is 6.92 Å². The molecule has 0 bridgehead atoms. The number of aryl methyl sites for hydroxylation is 1. The lowest BCUT2D eigenvalue weighted by atomic mass is 10.0. The molecule has 2 aromatic rings. The van der Waals surface area contributed by atoms with Crippen molar-refractivity contribution in [2.24, 2.45) is 5.16 Å². The number of nitrogens with one attached hydrogen (secondary N) is 1. The molecule has 14 heteroatoms. The van der Waals surface area contributed by atoms with Crippen molar-refractivity contribution in [3.63, 3.8) is 0 Å². The number of nitrogens with two attached hydrogens (primary N) is 1. The zero-order valence-corrected chi connectivity index (χ0v) is 21.7. The first-order valence-electron chi connectivity index (χ1n) is 10.7. The van der Waals surface area contributed by atoms with Crippen LogP contribution in [-0.2, 0) is 19.2 Å². The molecule has 0 radical (unpaired) electrons. The fourth-order valence-electron chi connectivity index (χ4n) is 3.39. The number of hydrogen-bond donors (Lipinski definition) is 3. The Morgan fingerprint density at radius 2 is 2.25 bits per heavy atom. The third kappa shape index (κ3) is 5.39. The maximum atomic E-state index is 13.0. The molecule has 0 aliphatic carbocycles. The number of nitrogens with zero attached hydrogens (tertiary/aromatic N) is 4. The number of hydrogen-bond acceptors (Lipinski definition) is 11. The van der Waals surface area contributed by atoms with Gasteiger partial charge in [-0.1, -0.05) is 23.0 Å². The molecule has 11 nitrogen and oxygen atoms in total. The van der Waals surface area contributed by atoms with Crippen molar-refractivity contribution in [3.8, 4) is 0 Å². The number of anilines is 1. The summed E-state index contributed by atoms with van der Waals surface area (Å²) < 4.78 is 0. The first kappa shape index (κ1) is 25.7. The Morgan fingerprint density at radius 3 is 2.89 bits per heavy atom. The van der Waals surface area contributed by atoms with Crippen molar-refractivity contribution < 1.29 is 24.3 Å². The third-order valence-corrected chi connectivity index (χ3v) is 8.12. The van der Waals surface area contributed by atoms with E-state index < -0.39 is 29.2 Å². The second kappa shape index (κ2) is 11.1. The van der Waals surface area contributed by atoms with Crippen LogP contribution in [0.25, 0.3) is 6.08 Å². The van der Waals surface area contributed by atoms with Crippen LogP contribution < -0.4 is 11.1 Å². The standard InChI is InChI=1S/C22H22N6O5S3/c1-3-33-27-15(13-9-36-22(23)25-13)18(29)26-16-19(30)28-17(21(31)32)14(10-35-20(16)28)34-7-6-12-5-4-11(2)24-8-12/h4-9,16,20H,3,10H2,1-2H3,(H2,23,25)(H,26,29)(H,31,32)/b7-6-,27-15?/t16?,20-/m1/s1. The van der Waals surface area contributed by atoms with Crippen molar-refractivity contribution in [1.82, 2.24) is 20.2 Å². The van der Waals surface area contributed by atoms with Gasteiger partial charge < -0.3 is 21.0 Å². The van der Waals surface area contributed by atoms with E-state index in [4.69, 9.17) is 10.6 Å². The number of thiazole rings is 1. The highest BCUT2D eigenvalue weighted by atomic mass is 32.2. The van der Waals surface area contributed by atoms with Gasteiger partial charge in [-0.2, -0.15) is 0 Å². The number of carboxylic acid groups (broad SMARTS) is 1. The summed E-state index contributed by atoms with van der Waals surface area (Å²) in [7, 11) is 0. The number of carbonyl (C=O) groups is 3. The van der Waals surface area contributed by atoms with Crippen LogP contribution in [0.15, 0.2) is 44.9 Å². The smallest absolute Gasteiger partial charge is 0.353 e. The van der Waals surface area contributed by atoms with E-state index in [2.05, 4.69) is 20.4 Å². The summed E-state index contributed by atoms with van der Waals surface area (Å²) >= 11 is 3.75. The lowest BCUT2D eigenvalue weighted by molar-refractivity contribution is -0.150. The Bertz CT molecular complexity index is 1270.